The van der Waals surface area contributed by atoms with Crippen molar-refractivity contribution in [3.05, 3.63) is 39.2 Å². The lowest BCUT2D eigenvalue weighted by atomic mass is 10.1. The van der Waals surface area contributed by atoms with Crippen molar-refractivity contribution in [2.75, 3.05) is 0 Å². The number of rotatable bonds is 4. The molecule has 0 aliphatic heterocycles. The molecule has 6 nitrogen and oxygen atoms in total. The molecule has 84 valence electrons. The number of carbonyl (C=O) groups is 2. The van der Waals surface area contributed by atoms with Gasteiger partial charge in [0.15, 0.2) is 6.29 Å². The number of carboxylic acid groups (broad SMARTS) is 1. The third kappa shape index (κ3) is 2.38. The lowest BCUT2D eigenvalue weighted by Crippen LogP contribution is -2.05. The average molecular weight is 227 g/mol. The van der Waals surface area contributed by atoms with Gasteiger partial charge in [-0.15, -0.1) is 0 Å². The number of halogens is 1. The van der Waals surface area contributed by atoms with Crippen LogP contribution in [0.5, 0.6) is 0 Å². The molecule has 0 heterocycles. The lowest BCUT2D eigenvalue weighted by molar-refractivity contribution is -0.385. The standard InChI is InChI=1S/C9H6FNO5/c10-7-1-5(3-9(13)14)8(11(15)16)2-6(7)4-12/h1-2,4H,3H2,(H,13,14). The van der Waals surface area contributed by atoms with Gasteiger partial charge in [-0.2, -0.15) is 0 Å². The number of nitrogens with zero attached hydrogens (tertiary/aromatic N) is 1. The minimum atomic E-state index is -1.32. The zero-order valence-electron chi connectivity index (χ0n) is 7.84. The van der Waals surface area contributed by atoms with Crippen molar-refractivity contribution in [2.45, 2.75) is 6.42 Å². The van der Waals surface area contributed by atoms with E-state index in [1.165, 1.54) is 0 Å². The summed E-state index contributed by atoms with van der Waals surface area (Å²) in [6, 6.07) is 1.41. The number of hydrogen-bond donors (Lipinski definition) is 1. The van der Waals surface area contributed by atoms with Gasteiger partial charge in [-0.1, -0.05) is 0 Å². The quantitative estimate of drug-likeness (QED) is 0.473. The molecule has 0 unspecified atom stereocenters. The predicted molar refractivity (Wildman–Crippen MR) is 49.8 cm³/mol. The zero-order chi connectivity index (χ0) is 12.3. The van der Waals surface area contributed by atoms with Crippen LogP contribution in [-0.2, 0) is 11.2 Å². The first kappa shape index (κ1) is 11.8. The second-order valence-corrected chi connectivity index (χ2v) is 2.95. The molecule has 0 amide bonds. The number of nitro groups is 1. The van der Waals surface area contributed by atoms with Crippen LogP contribution in [0.2, 0.25) is 0 Å². The van der Waals surface area contributed by atoms with Crippen LogP contribution in [0, 0.1) is 15.9 Å². The molecule has 0 radical (unpaired) electrons. The Labute approximate surface area is 88.5 Å². The van der Waals surface area contributed by atoms with Gasteiger partial charge in [-0.3, -0.25) is 19.7 Å². The molecular formula is C9H6FNO5. The van der Waals surface area contributed by atoms with Crippen LogP contribution in [0.1, 0.15) is 15.9 Å². The molecule has 0 aromatic heterocycles. The smallest absolute Gasteiger partial charge is 0.308 e. The molecule has 0 aliphatic carbocycles. The van der Waals surface area contributed by atoms with Gasteiger partial charge in [0, 0.05) is 11.6 Å². The van der Waals surface area contributed by atoms with Gasteiger partial charge in [-0.25, -0.2) is 4.39 Å². The predicted octanol–water partition coefficient (Wildman–Crippen LogP) is 1.17. The molecule has 1 rings (SSSR count). The molecule has 0 saturated heterocycles. The maximum atomic E-state index is 13.1. The number of nitro benzene ring substituents is 1. The van der Waals surface area contributed by atoms with Crippen LogP contribution < -0.4 is 0 Å². The molecule has 0 saturated carbocycles. The molecule has 0 spiro atoms. The first-order valence-corrected chi connectivity index (χ1v) is 4.09. The Balaban J connectivity index is 3.35. The molecule has 0 aliphatic rings. The van der Waals surface area contributed by atoms with E-state index in [0.29, 0.717) is 6.07 Å². The van der Waals surface area contributed by atoms with Crippen molar-refractivity contribution >= 4 is 17.9 Å². The Kier molecular flexibility index (Phi) is 3.29. The van der Waals surface area contributed by atoms with Gasteiger partial charge < -0.3 is 5.11 Å². The Morgan fingerprint density at radius 2 is 2.19 bits per heavy atom. The Morgan fingerprint density at radius 1 is 1.56 bits per heavy atom. The number of aldehydes is 1. The van der Waals surface area contributed by atoms with Crippen molar-refractivity contribution in [2.24, 2.45) is 0 Å². The highest BCUT2D eigenvalue weighted by molar-refractivity contribution is 5.79. The van der Waals surface area contributed by atoms with Crippen molar-refractivity contribution < 1.29 is 24.0 Å². The summed E-state index contributed by atoms with van der Waals surface area (Å²) in [5, 5.41) is 19.0. The molecular weight excluding hydrogens is 221 g/mol. The normalized spacial score (nSPS) is 9.81. The highest BCUT2D eigenvalue weighted by Gasteiger charge is 2.19. The largest absolute Gasteiger partial charge is 0.481 e. The minimum absolute atomic E-state index is 0.132. The molecule has 1 aromatic carbocycles. The van der Waals surface area contributed by atoms with E-state index in [1.54, 1.807) is 0 Å². The zero-order valence-corrected chi connectivity index (χ0v) is 7.84. The van der Waals surface area contributed by atoms with Crippen molar-refractivity contribution in [3.63, 3.8) is 0 Å². The van der Waals surface area contributed by atoms with Gasteiger partial charge in [0.1, 0.15) is 5.82 Å². The molecule has 16 heavy (non-hydrogen) atoms. The number of carbonyl (C=O) groups excluding carboxylic acids is 1. The van der Waals surface area contributed by atoms with Crippen LogP contribution in [0.25, 0.3) is 0 Å². The molecule has 1 N–H and O–H groups in total. The maximum Gasteiger partial charge on any atom is 0.308 e. The fourth-order valence-corrected chi connectivity index (χ4v) is 1.18. The van der Waals surface area contributed by atoms with Crippen LogP contribution >= 0.6 is 0 Å². The summed E-state index contributed by atoms with van der Waals surface area (Å²) in [5.41, 5.74) is -1.33. The van der Waals surface area contributed by atoms with E-state index in [1.807, 2.05) is 0 Å². The monoisotopic (exact) mass is 227 g/mol. The van der Waals surface area contributed by atoms with Crippen LogP contribution in [0.4, 0.5) is 10.1 Å². The molecule has 1 aromatic rings. The van der Waals surface area contributed by atoms with Gasteiger partial charge in [0.05, 0.1) is 16.9 Å². The second kappa shape index (κ2) is 4.47. The topological polar surface area (TPSA) is 97.5 Å². The first-order chi connectivity index (χ1) is 7.45. The first-order valence-electron chi connectivity index (χ1n) is 4.09. The summed E-state index contributed by atoms with van der Waals surface area (Å²) < 4.78 is 13.1. The summed E-state index contributed by atoms with van der Waals surface area (Å²) >= 11 is 0. The lowest BCUT2D eigenvalue weighted by Gasteiger charge is -2.02. The summed E-state index contributed by atoms with van der Waals surface area (Å²) in [6.45, 7) is 0. The van der Waals surface area contributed by atoms with E-state index in [4.69, 9.17) is 5.11 Å². The summed E-state index contributed by atoms with van der Waals surface area (Å²) in [7, 11) is 0. The maximum absolute atomic E-state index is 13.1. The van der Waals surface area contributed by atoms with Crippen molar-refractivity contribution in [3.8, 4) is 0 Å². The molecule has 0 fully saturated rings. The average Bonchev–Trinajstić information content (AvgIpc) is 2.16. The Morgan fingerprint density at radius 3 is 2.62 bits per heavy atom. The van der Waals surface area contributed by atoms with Gasteiger partial charge in [0.25, 0.3) is 5.69 Å². The Hall–Kier alpha value is -2.31. The van der Waals surface area contributed by atoms with E-state index in [-0.39, 0.29) is 11.8 Å². The fourth-order valence-electron chi connectivity index (χ4n) is 1.18. The number of aliphatic carboxylic acids is 1. The highest BCUT2D eigenvalue weighted by Crippen LogP contribution is 2.22. The Bertz CT molecular complexity index is 471. The van der Waals surface area contributed by atoms with Crippen LogP contribution in [0.15, 0.2) is 12.1 Å². The number of hydrogen-bond acceptors (Lipinski definition) is 4. The van der Waals surface area contributed by atoms with E-state index in [0.717, 1.165) is 6.07 Å². The third-order valence-electron chi connectivity index (χ3n) is 1.86. The highest BCUT2D eigenvalue weighted by atomic mass is 19.1. The van der Waals surface area contributed by atoms with Gasteiger partial charge in [-0.05, 0) is 6.07 Å². The molecule has 7 heteroatoms. The van der Waals surface area contributed by atoms with Crippen molar-refractivity contribution in [1.29, 1.82) is 0 Å². The van der Waals surface area contributed by atoms with Crippen LogP contribution in [0.3, 0.4) is 0 Å². The number of benzene rings is 1. The number of carboxylic acids is 1. The van der Waals surface area contributed by atoms with Gasteiger partial charge >= 0.3 is 5.97 Å². The SMILES string of the molecule is O=Cc1cc([N+](=O)[O-])c(CC(=O)O)cc1F. The molecule has 0 atom stereocenters. The van der Waals surface area contributed by atoms with E-state index in [9.17, 15) is 24.1 Å². The third-order valence-corrected chi connectivity index (χ3v) is 1.86. The summed E-state index contributed by atoms with van der Waals surface area (Å²) in [5.74, 6) is -2.29. The minimum Gasteiger partial charge on any atom is -0.481 e. The van der Waals surface area contributed by atoms with E-state index >= 15 is 0 Å². The van der Waals surface area contributed by atoms with Crippen molar-refractivity contribution in [1.82, 2.24) is 0 Å². The van der Waals surface area contributed by atoms with E-state index < -0.39 is 34.4 Å². The summed E-state index contributed by atoms with van der Waals surface area (Å²) in [4.78, 5) is 30.5. The van der Waals surface area contributed by atoms with E-state index in [2.05, 4.69) is 0 Å². The summed E-state index contributed by atoms with van der Waals surface area (Å²) in [6.07, 6.45) is -0.542. The van der Waals surface area contributed by atoms with Gasteiger partial charge in [0.2, 0.25) is 0 Å². The fraction of sp³-hybridized carbons (Fsp3) is 0.111. The van der Waals surface area contributed by atoms with Crippen LogP contribution in [-0.4, -0.2) is 22.3 Å². The molecule has 0 bridgehead atoms. The second-order valence-electron chi connectivity index (χ2n) is 2.95.